The van der Waals surface area contributed by atoms with Crippen LogP contribution in [0.2, 0.25) is 0 Å². The maximum atomic E-state index is 13.1. The number of benzene rings is 1. The molecule has 0 saturated carbocycles. The van der Waals surface area contributed by atoms with Gasteiger partial charge in [0, 0.05) is 0 Å². The Hall–Kier alpha value is -2.80. The van der Waals surface area contributed by atoms with E-state index in [2.05, 4.69) is 9.97 Å². The number of rotatable bonds is 3. The van der Waals surface area contributed by atoms with Crippen LogP contribution in [-0.4, -0.2) is 15.9 Å². The van der Waals surface area contributed by atoms with E-state index in [1.54, 1.807) is 25.1 Å². The molecule has 0 aliphatic rings. The number of carbonyl (C=O) groups excluding carboxylic acids is 1. The number of aromatic nitrogens is 2. The third kappa shape index (κ3) is 2.91. The van der Waals surface area contributed by atoms with Gasteiger partial charge in [-0.15, -0.1) is 11.3 Å². The molecule has 0 unspecified atom stereocenters. The first-order valence-electron chi connectivity index (χ1n) is 6.64. The fourth-order valence-electron chi connectivity index (χ4n) is 2.22. The third-order valence-corrected chi connectivity index (χ3v) is 4.45. The molecular formula is C16H10FN2O3S-. The Labute approximate surface area is 133 Å². The fourth-order valence-corrected chi connectivity index (χ4v) is 3.24. The zero-order valence-electron chi connectivity index (χ0n) is 11.9. The summed E-state index contributed by atoms with van der Waals surface area (Å²) in [5, 5.41) is 11.3. The highest BCUT2D eigenvalue weighted by Crippen LogP contribution is 2.26. The number of nitrogens with one attached hydrogen (secondary N) is 1. The minimum Gasteiger partial charge on any atom is -0.544 e. The number of nitrogens with zero attached hydrogens (tertiary/aromatic N) is 1. The third-order valence-electron chi connectivity index (χ3n) is 3.29. The zero-order valence-corrected chi connectivity index (χ0v) is 12.7. The van der Waals surface area contributed by atoms with E-state index in [9.17, 15) is 19.1 Å². The molecule has 1 N–H and O–H groups in total. The largest absolute Gasteiger partial charge is 0.544 e. The number of thiophene rings is 1. The Morgan fingerprint density at radius 1 is 1.39 bits per heavy atom. The average Bonchev–Trinajstić information content (AvgIpc) is 2.83. The molecule has 2 heterocycles. The SMILES string of the molecule is Cc1c(C(=O)[O-])sc2nc(/C=C/c3cccc(F)c3)[nH]c(=O)c12. The lowest BCUT2D eigenvalue weighted by Gasteiger charge is -1.97. The maximum absolute atomic E-state index is 13.1. The van der Waals surface area contributed by atoms with Crippen molar-refractivity contribution in [2.45, 2.75) is 6.92 Å². The summed E-state index contributed by atoms with van der Waals surface area (Å²) in [7, 11) is 0. The second-order valence-electron chi connectivity index (χ2n) is 4.86. The highest BCUT2D eigenvalue weighted by Gasteiger charge is 2.14. The summed E-state index contributed by atoms with van der Waals surface area (Å²) in [4.78, 5) is 30.3. The van der Waals surface area contributed by atoms with Crippen molar-refractivity contribution in [3.63, 3.8) is 0 Å². The summed E-state index contributed by atoms with van der Waals surface area (Å²) in [5.41, 5.74) is 0.542. The van der Waals surface area contributed by atoms with Crippen LogP contribution in [0.15, 0.2) is 29.1 Å². The van der Waals surface area contributed by atoms with Crippen LogP contribution in [0.25, 0.3) is 22.4 Å². The van der Waals surface area contributed by atoms with Gasteiger partial charge in [-0.3, -0.25) is 4.79 Å². The summed E-state index contributed by atoms with van der Waals surface area (Å²) in [6, 6.07) is 5.96. The van der Waals surface area contributed by atoms with Crippen molar-refractivity contribution in [2.24, 2.45) is 0 Å². The first kappa shape index (κ1) is 15.1. The van der Waals surface area contributed by atoms with Crippen LogP contribution in [0, 0.1) is 12.7 Å². The van der Waals surface area contributed by atoms with Crippen molar-refractivity contribution in [2.75, 3.05) is 0 Å². The number of aryl methyl sites for hydroxylation is 1. The van der Waals surface area contributed by atoms with E-state index >= 15 is 0 Å². The van der Waals surface area contributed by atoms with Crippen LogP contribution >= 0.6 is 11.3 Å². The van der Waals surface area contributed by atoms with Crippen molar-refractivity contribution < 1.29 is 14.3 Å². The number of carboxylic acid groups (broad SMARTS) is 1. The molecular weight excluding hydrogens is 319 g/mol. The number of carbonyl (C=O) groups is 1. The Kier molecular flexibility index (Phi) is 3.79. The number of hydrogen-bond donors (Lipinski definition) is 1. The molecule has 0 fully saturated rings. The molecule has 23 heavy (non-hydrogen) atoms. The van der Waals surface area contributed by atoms with Gasteiger partial charge in [-0.05, 0) is 36.3 Å². The van der Waals surface area contributed by atoms with Crippen LogP contribution in [-0.2, 0) is 0 Å². The summed E-state index contributed by atoms with van der Waals surface area (Å²) >= 11 is 0.897. The van der Waals surface area contributed by atoms with E-state index in [0.717, 1.165) is 11.3 Å². The first-order valence-corrected chi connectivity index (χ1v) is 7.46. The van der Waals surface area contributed by atoms with Crippen LogP contribution in [0.5, 0.6) is 0 Å². The Balaban J connectivity index is 2.06. The van der Waals surface area contributed by atoms with Crippen molar-refractivity contribution >= 4 is 39.7 Å². The molecule has 0 aliphatic carbocycles. The van der Waals surface area contributed by atoms with Gasteiger partial charge >= 0.3 is 0 Å². The Morgan fingerprint density at radius 2 is 2.17 bits per heavy atom. The lowest BCUT2D eigenvalue weighted by atomic mass is 10.2. The van der Waals surface area contributed by atoms with Gasteiger partial charge in [0.1, 0.15) is 16.5 Å². The topological polar surface area (TPSA) is 85.9 Å². The van der Waals surface area contributed by atoms with Gasteiger partial charge in [-0.1, -0.05) is 18.2 Å². The summed E-state index contributed by atoms with van der Waals surface area (Å²) in [5.74, 6) is -1.43. The van der Waals surface area contributed by atoms with Crippen LogP contribution < -0.4 is 10.7 Å². The molecule has 3 aromatic rings. The number of carboxylic acids is 1. The van der Waals surface area contributed by atoms with E-state index in [0.29, 0.717) is 16.0 Å². The number of aromatic carboxylic acids is 1. The van der Waals surface area contributed by atoms with E-state index < -0.39 is 11.5 Å². The molecule has 7 heteroatoms. The Bertz CT molecular complexity index is 1000. The van der Waals surface area contributed by atoms with Gasteiger partial charge in [0.2, 0.25) is 0 Å². The van der Waals surface area contributed by atoms with E-state index in [1.165, 1.54) is 18.2 Å². The molecule has 3 rings (SSSR count). The molecule has 1 aromatic carbocycles. The van der Waals surface area contributed by atoms with Gasteiger partial charge in [-0.25, -0.2) is 9.37 Å². The van der Waals surface area contributed by atoms with Gasteiger partial charge in [-0.2, -0.15) is 0 Å². The average molecular weight is 329 g/mol. The molecule has 2 aromatic heterocycles. The minimum absolute atomic E-state index is 0.00994. The van der Waals surface area contributed by atoms with Crippen molar-refractivity contribution in [3.05, 3.63) is 62.3 Å². The summed E-state index contributed by atoms with van der Waals surface area (Å²) in [6.07, 6.45) is 3.14. The molecule has 0 aliphatic heterocycles. The normalized spacial score (nSPS) is 11.4. The monoisotopic (exact) mass is 329 g/mol. The standard InChI is InChI=1S/C16H11FN2O3S/c1-8-12-14(20)18-11(19-15(12)23-13(8)16(21)22)6-5-9-3-2-4-10(17)7-9/h2-7H,1H3,(H,21,22)(H,18,19,20)/p-1/b6-5+. The van der Waals surface area contributed by atoms with Gasteiger partial charge < -0.3 is 14.9 Å². The maximum Gasteiger partial charge on any atom is 0.260 e. The van der Waals surface area contributed by atoms with Gasteiger partial charge in [0.05, 0.1) is 16.2 Å². The quantitative estimate of drug-likeness (QED) is 0.796. The number of halogens is 1. The number of H-pyrrole nitrogens is 1. The predicted molar refractivity (Wildman–Crippen MR) is 84.6 cm³/mol. The van der Waals surface area contributed by atoms with Gasteiger partial charge in [0.25, 0.3) is 5.56 Å². The van der Waals surface area contributed by atoms with E-state index in [1.807, 2.05) is 0 Å². The lowest BCUT2D eigenvalue weighted by molar-refractivity contribution is -0.254. The highest BCUT2D eigenvalue weighted by molar-refractivity contribution is 7.20. The number of aromatic amines is 1. The number of fused-ring (bicyclic) bond motifs is 1. The van der Waals surface area contributed by atoms with Gasteiger partial charge in [0.15, 0.2) is 0 Å². The molecule has 5 nitrogen and oxygen atoms in total. The lowest BCUT2D eigenvalue weighted by Crippen LogP contribution is -2.21. The second kappa shape index (κ2) is 5.77. The first-order chi connectivity index (χ1) is 11.0. The summed E-state index contributed by atoms with van der Waals surface area (Å²) in [6.45, 7) is 1.54. The van der Waals surface area contributed by atoms with Crippen LogP contribution in [0.4, 0.5) is 4.39 Å². The summed E-state index contributed by atoms with van der Waals surface area (Å²) < 4.78 is 13.1. The van der Waals surface area contributed by atoms with Crippen molar-refractivity contribution in [1.82, 2.24) is 9.97 Å². The molecule has 0 amide bonds. The predicted octanol–water partition coefficient (Wildman–Crippen LogP) is 1.97. The Morgan fingerprint density at radius 3 is 2.87 bits per heavy atom. The molecule has 0 radical (unpaired) electrons. The van der Waals surface area contributed by atoms with Crippen molar-refractivity contribution in [1.29, 1.82) is 0 Å². The van der Waals surface area contributed by atoms with Crippen LogP contribution in [0.3, 0.4) is 0 Å². The minimum atomic E-state index is -1.33. The highest BCUT2D eigenvalue weighted by atomic mass is 32.1. The van der Waals surface area contributed by atoms with Crippen molar-refractivity contribution in [3.8, 4) is 0 Å². The molecule has 0 bridgehead atoms. The van der Waals surface area contributed by atoms with E-state index in [-0.39, 0.29) is 21.9 Å². The second-order valence-corrected chi connectivity index (χ2v) is 5.86. The van der Waals surface area contributed by atoms with E-state index in [4.69, 9.17) is 0 Å². The molecule has 0 atom stereocenters. The smallest absolute Gasteiger partial charge is 0.260 e. The molecule has 0 saturated heterocycles. The molecule has 116 valence electrons. The van der Waals surface area contributed by atoms with Crippen LogP contribution in [0.1, 0.15) is 26.6 Å². The number of hydrogen-bond acceptors (Lipinski definition) is 5. The molecule has 0 spiro atoms. The zero-order chi connectivity index (χ0) is 16.6. The fraction of sp³-hybridized carbons (Fsp3) is 0.0625.